The summed E-state index contributed by atoms with van der Waals surface area (Å²) in [6.45, 7) is -2.92. The molecule has 0 saturated carbocycles. The summed E-state index contributed by atoms with van der Waals surface area (Å²) >= 11 is 11.6. The van der Waals surface area contributed by atoms with Gasteiger partial charge in [0.2, 0.25) is 0 Å². The highest BCUT2D eigenvalue weighted by atomic mass is 35.5. The Hall–Kier alpha value is -1.39. The van der Waals surface area contributed by atoms with Gasteiger partial charge in [-0.25, -0.2) is 0 Å². The van der Waals surface area contributed by atoms with Gasteiger partial charge in [-0.05, 0) is 29.3 Å². The lowest BCUT2D eigenvalue weighted by Gasteiger charge is -2.09. The molecule has 1 radical (unpaired) electrons. The zero-order valence-electron chi connectivity index (χ0n) is 9.49. The van der Waals surface area contributed by atoms with Crippen molar-refractivity contribution in [3.63, 3.8) is 0 Å². The molecule has 0 aliphatic carbocycles. The number of pyridine rings is 1. The minimum atomic E-state index is -2.92. The standard InChI is InChI=1S/C13H8Cl2F2NO/c14-10-4-9(6-18-7-10)3-8-1-2-11(15)12(5-8)19-13(16)17/h1-7,13H. The molecule has 0 saturated heterocycles. The normalized spacial score (nSPS) is 10.8. The molecule has 0 fully saturated rings. The molecule has 1 heterocycles. The lowest BCUT2D eigenvalue weighted by atomic mass is 10.1. The van der Waals surface area contributed by atoms with Crippen molar-refractivity contribution >= 4 is 23.2 Å². The number of rotatable bonds is 4. The molecular weight excluding hydrogens is 295 g/mol. The average Bonchev–Trinajstić information content (AvgIpc) is 2.33. The molecule has 1 aromatic carbocycles. The molecule has 99 valence electrons. The molecule has 19 heavy (non-hydrogen) atoms. The number of benzene rings is 1. The maximum absolute atomic E-state index is 12.2. The maximum atomic E-state index is 12.2. The van der Waals surface area contributed by atoms with Crippen LogP contribution in [0.4, 0.5) is 8.78 Å². The van der Waals surface area contributed by atoms with Crippen LogP contribution in [0.15, 0.2) is 36.7 Å². The third kappa shape index (κ3) is 4.04. The van der Waals surface area contributed by atoms with Gasteiger partial charge in [-0.3, -0.25) is 4.98 Å². The lowest BCUT2D eigenvalue weighted by molar-refractivity contribution is -0.0498. The minimum Gasteiger partial charge on any atom is -0.433 e. The Morgan fingerprint density at radius 3 is 2.58 bits per heavy atom. The van der Waals surface area contributed by atoms with Gasteiger partial charge in [-0.2, -0.15) is 8.78 Å². The van der Waals surface area contributed by atoms with Gasteiger partial charge in [-0.1, -0.05) is 29.3 Å². The molecule has 6 heteroatoms. The van der Waals surface area contributed by atoms with Crippen molar-refractivity contribution in [2.24, 2.45) is 0 Å². The fraction of sp³-hybridized carbons (Fsp3) is 0.0769. The molecule has 1 aromatic heterocycles. The first-order chi connectivity index (χ1) is 9.04. The fourth-order valence-corrected chi connectivity index (χ4v) is 1.84. The monoisotopic (exact) mass is 302 g/mol. The molecule has 0 aliphatic rings. The first kappa shape index (κ1) is 14.0. The Balaban J connectivity index is 2.21. The van der Waals surface area contributed by atoms with Crippen molar-refractivity contribution in [3.05, 3.63) is 64.3 Å². The van der Waals surface area contributed by atoms with E-state index in [2.05, 4.69) is 9.72 Å². The van der Waals surface area contributed by atoms with Crippen LogP contribution in [0.25, 0.3) is 0 Å². The van der Waals surface area contributed by atoms with Crippen molar-refractivity contribution < 1.29 is 13.5 Å². The van der Waals surface area contributed by atoms with Crippen LogP contribution in [0.3, 0.4) is 0 Å². The van der Waals surface area contributed by atoms with Crippen LogP contribution in [0.1, 0.15) is 11.1 Å². The third-order valence-electron chi connectivity index (χ3n) is 2.23. The van der Waals surface area contributed by atoms with E-state index in [-0.39, 0.29) is 10.8 Å². The van der Waals surface area contributed by atoms with E-state index < -0.39 is 6.61 Å². The molecular formula is C13H8Cl2F2NO. The summed E-state index contributed by atoms with van der Waals surface area (Å²) in [4.78, 5) is 3.93. The van der Waals surface area contributed by atoms with Gasteiger partial charge in [-0.15, -0.1) is 0 Å². The zero-order chi connectivity index (χ0) is 13.8. The van der Waals surface area contributed by atoms with Crippen LogP contribution < -0.4 is 4.74 Å². The van der Waals surface area contributed by atoms with E-state index in [1.807, 2.05) is 0 Å². The molecule has 0 unspecified atom stereocenters. The Bertz CT molecular complexity index is 578. The Morgan fingerprint density at radius 1 is 1.11 bits per heavy atom. The molecule has 0 N–H and O–H groups in total. The molecule has 0 bridgehead atoms. The molecule has 0 spiro atoms. The van der Waals surface area contributed by atoms with E-state index >= 15 is 0 Å². The zero-order valence-corrected chi connectivity index (χ0v) is 11.0. The van der Waals surface area contributed by atoms with Crippen LogP contribution >= 0.6 is 23.2 Å². The summed E-state index contributed by atoms with van der Waals surface area (Å²) in [6.07, 6.45) is 4.84. The molecule has 0 aliphatic heterocycles. The number of hydrogen-bond acceptors (Lipinski definition) is 2. The summed E-state index contributed by atoms with van der Waals surface area (Å²) in [5.41, 5.74) is 1.40. The van der Waals surface area contributed by atoms with E-state index in [9.17, 15) is 8.78 Å². The van der Waals surface area contributed by atoms with Gasteiger partial charge in [0.15, 0.2) is 0 Å². The van der Waals surface area contributed by atoms with Crippen molar-refractivity contribution in [3.8, 4) is 5.75 Å². The highest BCUT2D eigenvalue weighted by Crippen LogP contribution is 2.28. The topological polar surface area (TPSA) is 22.1 Å². The Labute approximate surface area is 118 Å². The number of hydrogen-bond donors (Lipinski definition) is 0. The predicted octanol–water partition coefficient (Wildman–Crippen LogP) is 4.59. The highest BCUT2D eigenvalue weighted by molar-refractivity contribution is 6.32. The average molecular weight is 303 g/mol. The highest BCUT2D eigenvalue weighted by Gasteiger charge is 2.10. The van der Waals surface area contributed by atoms with Crippen molar-refractivity contribution in [1.82, 2.24) is 4.98 Å². The number of aromatic nitrogens is 1. The van der Waals surface area contributed by atoms with Crippen LogP contribution in [0, 0.1) is 6.42 Å². The summed E-state index contributed by atoms with van der Waals surface area (Å²) < 4.78 is 28.7. The van der Waals surface area contributed by atoms with Crippen molar-refractivity contribution in [1.29, 1.82) is 0 Å². The number of ether oxygens (including phenoxy) is 1. The quantitative estimate of drug-likeness (QED) is 0.824. The van der Waals surface area contributed by atoms with E-state index in [1.165, 1.54) is 18.3 Å². The molecule has 0 atom stereocenters. The van der Waals surface area contributed by atoms with Gasteiger partial charge in [0, 0.05) is 18.8 Å². The summed E-state index contributed by atoms with van der Waals surface area (Å²) in [7, 11) is 0. The van der Waals surface area contributed by atoms with Gasteiger partial charge < -0.3 is 4.74 Å². The van der Waals surface area contributed by atoms with Crippen LogP contribution in [0.5, 0.6) is 5.75 Å². The number of alkyl halides is 2. The maximum Gasteiger partial charge on any atom is 0.387 e. The lowest BCUT2D eigenvalue weighted by Crippen LogP contribution is -2.02. The second-order valence-electron chi connectivity index (χ2n) is 3.65. The van der Waals surface area contributed by atoms with Crippen LogP contribution in [-0.2, 0) is 0 Å². The number of halogens is 4. The number of nitrogens with zero attached hydrogens (tertiary/aromatic N) is 1. The smallest absolute Gasteiger partial charge is 0.387 e. The van der Waals surface area contributed by atoms with E-state index in [0.717, 1.165) is 5.56 Å². The molecule has 0 amide bonds. The molecule has 2 nitrogen and oxygen atoms in total. The van der Waals surface area contributed by atoms with Crippen LogP contribution in [-0.4, -0.2) is 11.6 Å². The van der Waals surface area contributed by atoms with Gasteiger partial charge >= 0.3 is 6.61 Å². The summed E-state index contributed by atoms with van der Waals surface area (Å²) in [5, 5.41) is 0.619. The summed E-state index contributed by atoms with van der Waals surface area (Å²) in [5.74, 6) is -0.0691. The van der Waals surface area contributed by atoms with E-state index in [1.54, 1.807) is 24.8 Å². The second-order valence-corrected chi connectivity index (χ2v) is 4.49. The minimum absolute atomic E-state index is 0.0691. The Morgan fingerprint density at radius 2 is 1.89 bits per heavy atom. The predicted molar refractivity (Wildman–Crippen MR) is 69.8 cm³/mol. The molecule has 2 aromatic rings. The largest absolute Gasteiger partial charge is 0.433 e. The van der Waals surface area contributed by atoms with Crippen molar-refractivity contribution in [2.75, 3.05) is 0 Å². The third-order valence-corrected chi connectivity index (χ3v) is 2.75. The van der Waals surface area contributed by atoms with E-state index in [0.29, 0.717) is 10.6 Å². The fourth-order valence-electron chi connectivity index (χ4n) is 1.50. The Kier molecular flexibility index (Phi) is 4.56. The van der Waals surface area contributed by atoms with Gasteiger partial charge in [0.25, 0.3) is 0 Å². The SMILES string of the molecule is FC(F)Oc1cc([CH]c2cncc(Cl)c2)ccc1Cl. The summed E-state index contributed by atoms with van der Waals surface area (Å²) in [6, 6.07) is 6.30. The first-order valence-electron chi connectivity index (χ1n) is 5.24. The molecule has 2 rings (SSSR count). The second kappa shape index (κ2) is 6.17. The van der Waals surface area contributed by atoms with Gasteiger partial charge in [0.1, 0.15) is 5.75 Å². The van der Waals surface area contributed by atoms with Crippen molar-refractivity contribution in [2.45, 2.75) is 6.61 Å². The van der Waals surface area contributed by atoms with Crippen LogP contribution in [0.2, 0.25) is 10.0 Å². The first-order valence-corrected chi connectivity index (χ1v) is 6.00. The van der Waals surface area contributed by atoms with Gasteiger partial charge in [0.05, 0.1) is 10.0 Å². The van der Waals surface area contributed by atoms with E-state index in [4.69, 9.17) is 23.2 Å².